The molecule has 20 heavy (non-hydrogen) atoms. The highest BCUT2D eigenvalue weighted by atomic mass is 16.5. The Bertz CT molecular complexity index is 375. The van der Waals surface area contributed by atoms with Crippen molar-refractivity contribution in [3.63, 3.8) is 0 Å². The predicted octanol–water partition coefficient (Wildman–Crippen LogP) is 1.44. The highest BCUT2D eigenvalue weighted by molar-refractivity contribution is 5.79. The molecule has 2 rings (SSSR count). The first-order valence-corrected chi connectivity index (χ1v) is 7.63. The minimum Gasteiger partial charge on any atom is -0.373 e. The molecule has 2 fully saturated rings. The van der Waals surface area contributed by atoms with Gasteiger partial charge in [0.25, 0.3) is 0 Å². The second kappa shape index (κ2) is 6.55. The molecule has 1 saturated carbocycles. The maximum absolute atomic E-state index is 12.2. The number of nitrogens with zero attached hydrogens (tertiary/aromatic N) is 2. The van der Waals surface area contributed by atoms with Gasteiger partial charge in [0, 0.05) is 13.1 Å². The number of hydrogen-bond acceptors (Lipinski definition) is 4. The summed E-state index contributed by atoms with van der Waals surface area (Å²) in [6.45, 7) is 5.97. The van der Waals surface area contributed by atoms with E-state index in [2.05, 4.69) is 16.3 Å². The van der Waals surface area contributed by atoms with E-state index in [1.807, 2.05) is 13.8 Å². The lowest BCUT2D eigenvalue weighted by Gasteiger charge is -2.36. The van der Waals surface area contributed by atoms with E-state index in [0.29, 0.717) is 6.54 Å². The van der Waals surface area contributed by atoms with Gasteiger partial charge in [0.2, 0.25) is 5.91 Å². The summed E-state index contributed by atoms with van der Waals surface area (Å²) in [6.07, 6.45) is 5.10. The summed E-state index contributed by atoms with van der Waals surface area (Å²) in [4.78, 5) is 14.3. The fourth-order valence-electron chi connectivity index (χ4n) is 3.34. The Morgan fingerprint density at radius 2 is 1.90 bits per heavy atom. The van der Waals surface area contributed by atoms with Crippen LogP contribution in [0.25, 0.3) is 0 Å². The zero-order chi connectivity index (χ0) is 14.6. The molecule has 0 aromatic rings. The Labute approximate surface area is 121 Å². The Morgan fingerprint density at radius 3 is 2.45 bits per heavy atom. The monoisotopic (exact) mass is 279 g/mol. The molecule has 112 valence electrons. The minimum atomic E-state index is -0.626. The molecule has 1 N–H and O–H groups in total. The number of amides is 1. The molecule has 1 aliphatic carbocycles. The van der Waals surface area contributed by atoms with Crippen LogP contribution in [0.2, 0.25) is 0 Å². The molecule has 1 saturated heterocycles. The van der Waals surface area contributed by atoms with Crippen LogP contribution in [0, 0.1) is 11.3 Å². The summed E-state index contributed by atoms with van der Waals surface area (Å²) >= 11 is 0. The van der Waals surface area contributed by atoms with Crippen LogP contribution >= 0.6 is 0 Å². The second-order valence-electron chi connectivity index (χ2n) is 6.25. The first-order chi connectivity index (χ1) is 9.53. The standard InChI is InChI=1S/C15H25N3O2/c1-12-8-18(9-13(2)20-12)10-14(19)17-15(11-16)6-4-3-5-7-15/h12-13H,3-10H2,1-2H3,(H,17,19)/t12-,13+. The molecule has 0 spiro atoms. The van der Waals surface area contributed by atoms with Gasteiger partial charge in [-0.05, 0) is 26.7 Å². The van der Waals surface area contributed by atoms with Crippen LogP contribution in [0.4, 0.5) is 0 Å². The lowest BCUT2D eigenvalue weighted by Crippen LogP contribution is -2.54. The van der Waals surface area contributed by atoms with E-state index in [4.69, 9.17) is 4.74 Å². The van der Waals surface area contributed by atoms with Gasteiger partial charge in [0.1, 0.15) is 5.54 Å². The van der Waals surface area contributed by atoms with Crippen molar-refractivity contribution in [2.45, 2.75) is 63.7 Å². The molecule has 0 aromatic heterocycles. The van der Waals surface area contributed by atoms with E-state index in [-0.39, 0.29) is 18.1 Å². The van der Waals surface area contributed by atoms with Crippen LogP contribution in [0.3, 0.4) is 0 Å². The van der Waals surface area contributed by atoms with Crippen molar-refractivity contribution in [1.29, 1.82) is 5.26 Å². The van der Waals surface area contributed by atoms with Gasteiger partial charge in [-0.25, -0.2) is 0 Å². The molecule has 0 aromatic carbocycles. The fourth-order valence-corrected chi connectivity index (χ4v) is 3.34. The van der Waals surface area contributed by atoms with Crippen molar-refractivity contribution in [3.05, 3.63) is 0 Å². The zero-order valence-corrected chi connectivity index (χ0v) is 12.5. The number of morpholine rings is 1. The van der Waals surface area contributed by atoms with Gasteiger partial charge >= 0.3 is 0 Å². The van der Waals surface area contributed by atoms with Crippen LogP contribution in [-0.4, -0.2) is 48.2 Å². The summed E-state index contributed by atoms with van der Waals surface area (Å²) in [7, 11) is 0. The zero-order valence-electron chi connectivity index (χ0n) is 12.5. The Balaban J connectivity index is 1.87. The van der Waals surface area contributed by atoms with Crippen LogP contribution < -0.4 is 5.32 Å². The number of rotatable bonds is 3. The summed E-state index contributed by atoms with van der Waals surface area (Å²) in [6, 6.07) is 2.33. The Morgan fingerprint density at radius 1 is 1.30 bits per heavy atom. The molecule has 1 amide bonds. The van der Waals surface area contributed by atoms with E-state index in [0.717, 1.165) is 45.2 Å². The van der Waals surface area contributed by atoms with Crippen molar-refractivity contribution in [2.75, 3.05) is 19.6 Å². The highest BCUT2D eigenvalue weighted by Crippen LogP contribution is 2.27. The molecule has 5 heteroatoms. The lowest BCUT2D eigenvalue weighted by molar-refractivity contribution is -0.127. The van der Waals surface area contributed by atoms with Gasteiger partial charge in [-0.2, -0.15) is 5.26 Å². The topological polar surface area (TPSA) is 65.4 Å². The third kappa shape index (κ3) is 3.94. The van der Waals surface area contributed by atoms with Gasteiger partial charge in [0.05, 0.1) is 24.8 Å². The summed E-state index contributed by atoms with van der Waals surface area (Å²) in [5, 5.41) is 12.4. The van der Waals surface area contributed by atoms with Crippen molar-refractivity contribution >= 4 is 5.91 Å². The third-order valence-corrected chi connectivity index (χ3v) is 4.16. The molecule has 0 radical (unpaired) electrons. The second-order valence-corrected chi connectivity index (χ2v) is 6.25. The van der Waals surface area contributed by atoms with Crippen LogP contribution in [0.1, 0.15) is 46.0 Å². The van der Waals surface area contributed by atoms with Gasteiger partial charge in [-0.15, -0.1) is 0 Å². The lowest BCUT2D eigenvalue weighted by atomic mass is 9.83. The maximum atomic E-state index is 12.2. The van der Waals surface area contributed by atoms with Gasteiger partial charge in [0.15, 0.2) is 0 Å². The smallest absolute Gasteiger partial charge is 0.235 e. The maximum Gasteiger partial charge on any atom is 0.235 e. The predicted molar refractivity (Wildman–Crippen MR) is 76.0 cm³/mol. The number of nitriles is 1. The first kappa shape index (κ1) is 15.3. The largest absolute Gasteiger partial charge is 0.373 e. The molecular formula is C15H25N3O2. The van der Waals surface area contributed by atoms with Crippen LogP contribution in [-0.2, 0) is 9.53 Å². The fraction of sp³-hybridized carbons (Fsp3) is 0.867. The Kier molecular flexibility index (Phi) is 5.00. The first-order valence-electron chi connectivity index (χ1n) is 7.63. The van der Waals surface area contributed by atoms with Crippen molar-refractivity contribution in [1.82, 2.24) is 10.2 Å². The van der Waals surface area contributed by atoms with E-state index >= 15 is 0 Å². The van der Waals surface area contributed by atoms with E-state index in [1.54, 1.807) is 0 Å². The summed E-state index contributed by atoms with van der Waals surface area (Å²) in [5.41, 5.74) is -0.626. The molecule has 0 unspecified atom stereocenters. The highest BCUT2D eigenvalue weighted by Gasteiger charge is 2.34. The molecule has 0 bridgehead atoms. The molecular weight excluding hydrogens is 254 g/mol. The van der Waals surface area contributed by atoms with Crippen molar-refractivity contribution < 1.29 is 9.53 Å². The molecule has 5 nitrogen and oxygen atoms in total. The number of hydrogen-bond donors (Lipinski definition) is 1. The molecule has 2 atom stereocenters. The summed E-state index contributed by atoms with van der Waals surface area (Å²) < 4.78 is 5.66. The van der Waals surface area contributed by atoms with E-state index < -0.39 is 5.54 Å². The van der Waals surface area contributed by atoms with Gasteiger partial charge in [-0.1, -0.05) is 19.3 Å². The SMILES string of the molecule is C[C@@H]1CN(CC(=O)NC2(C#N)CCCCC2)C[C@H](C)O1. The quantitative estimate of drug-likeness (QED) is 0.849. The van der Waals surface area contributed by atoms with Gasteiger partial charge in [-0.3, -0.25) is 9.69 Å². The number of carbonyl (C=O) groups is 1. The van der Waals surface area contributed by atoms with E-state index in [1.165, 1.54) is 0 Å². The molecule has 2 aliphatic rings. The van der Waals surface area contributed by atoms with Crippen molar-refractivity contribution in [2.24, 2.45) is 0 Å². The molecule has 1 heterocycles. The Hall–Kier alpha value is -1.12. The third-order valence-electron chi connectivity index (χ3n) is 4.16. The van der Waals surface area contributed by atoms with E-state index in [9.17, 15) is 10.1 Å². The van der Waals surface area contributed by atoms with Gasteiger partial charge < -0.3 is 10.1 Å². The number of nitrogens with one attached hydrogen (secondary N) is 1. The normalized spacial score (nSPS) is 30.4. The average molecular weight is 279 g/mol. The number of carbonyl (C=O) groups excluding carboxylic acids is 1. The molecule has 1 aliphatic heterocycles. The number of ether oxygens (including phenoxy) is 1. The summed E-state index contributed by atoms with van der Waals surface area (Å²) in [5.74, 6) is -0.0326. The average Bonchev–Trinajstić information content (AvgIpc) is 2.38. The van der Waals surface area contributed by atoms with Crippen molar-refractivity contribution in [3.8, 4) is 6.07 Å². The minimum absolute atomic E-state index is 0.0326. The van der Waals surface area contributed by atoms with Crippen LogP contribution in [0.15, 0.2) is 0 Å². The van der Waals surface area contributed by atoms with Crippen LogP contribution in [0.5, 0.6) is 0 Å².